The van der Waals surface area contributed by atoms with Crippen molar-refractivity contribution < 1.29 is 19.1 Å². The van der Waals surface area contributed by atoms with Crippen LogP contribution in [0.1, 0.15) is 49.8 Å². The predicted octanol–water partition coefficient (Wildman–Crippen LogP) is 5.24. The first-order valence-corrected chi connectivity index (χ1v) is 11.2. The van der Waals surface area contributed by atoms with Crippen molar-refractivity contribution in [2.45, 2.75) is 20.8 Å². The van der Waals surface area contributed by atoms with E-state index < -0.39 is 5.97 Å². The Morgan fingerprint density at radius 3 is 2.09 bits per heavy atom. The van der Waals surface area contributed by atoms with Gasteiger partial charge in [-0.15, -0.1) is 11.3 Å². The number of hydrogen-bond donors (Lipinski definition) is 1. The minimum absolute atomic E-state index is 0.171. The maximum atomic E-state index is 12.9. The molecule has 0 spiro atoms. The van der Waals surface area contributed by atoms with E-state index in [0.29, 0.717) is 34.1 Å². The summed E-state index contributed by atoms with van der Waals surface area (Å²) in [6.45, 7) is 6.59. The van der Waals surface area contributed by atoms with E-state index in [2.05, 4.69) is 5.32 Å². The van der Waals surface area contributed by atoms with Gasteiger partial charge < -0.3 is 15.0 Å². The third kappa shape index (κ3) is 4.73. The van der Waals surface area contributed by atoms with Crippen LogP contribution in [0.4, 0.5) is 5.00 Å². The van der Waals surface area contributed by atoms with Gasteiger partial charge in [0, 0.05) is 18.7 Å². The summed E-state index contributed by atoms with van der Waals surface area (Å²) in [5, 5.41) is 3.11. The van der Waals surface area contributed by atoms with Crippen LogP contribution >= 0.6 is 11.3 Å². The molecule has 3 aromatic rings. The quantitative estimate of drug-likeness (QED) is 0.499. The molecule has 166 valence electrons. The van der Waals surface area contributed by atoms with E-state index >= 15 is 0 Å². The first-order valence-electron chi connectivity index (χ1n) is 10.4. The second kappa shape index (κ2) is 10.2. The van der Waals surface area contributed by atoms with Crippen molar-refractivity contribution in [2.24, 2.45) is 0 Å². The second-order valence-electron chi connectivity index (χ2n) is 7.13. The maximum absolute atomic E-state index is 12.9. The molecule has 0 unspecified atom stereocenters. The van der Waals surface area contributed by atoms with E-state index in [-0.39, 0.29) is 17.4 Å². The Labute approximate surface area is 191 Å². The first-order chi connectivity index (χ1) is 15.4. The van der Waals surface area contributed by atoms with Crippen LogP contribution in [-0.2, 0) is 4.74 Å². The molecule has 3 rings (SSSR count). The van der Waals surface area contributed by atoms with Crippen LogP contribution in [-0.4, -0.2) is 42.9 Å². The lowest BCUT2D eigenvalue weighted by Gasteiger charge is -2.17. The molecule has 1 heterocycles. The maximum Gasteiger partial charge on any atom is 0.341 e. The molecule has 32 heavy (non-hydrogen) atoms. The SMILES string of the molecule is CCN(CC)C(=O)c1sc(NC(=O)c2ccc(-c3ccccc3)cc2)c(C(=O)OC)c1C. The molecule has 2 amide bonds. The summed E-state index contributed by atoms with van der Waals surface area (Å²) < 4.78 is 4.91. The second-order valence-corrected chi connectivity index (χ2v) is 8.15. The summed E-state index contributed by atoms with van der Waals surface area (Å²) >= 11 is 1.10. The Balaban J connectivity index is 1.90. The highest BCUT2D eigenvalue weighted by atomic mass is 32.1. The highest BCUT2D eigenvalue weighted by Gasteiger charge is 2.28. The lowest BCUT2D eigenvalue weighted by Crippen LogP contribution is -2.30. The Kier molecular flexibility index (Phi) is 7.43. The molecule has 7 heteroatoms. The first kappa shape index (κ1) is 23.2. The molecule has 0 aliphatic rings. The van der Waals surface area contributed by atoms with Gasteiger partial charge in [0.2, 0.25) is 0 Å². The largest absolute Gasteiger partial charge is 0.465 e. The summed E-state index contributed by atoms with van der Waals surface area (Å²) in [7, 11) is 1.28. The fraction of sp³-hybridized carbons (Fsp3) is 0.240. The fourth-order valence-corrected chi connectivity index (χ4v) is 4.59. The number of benzene rings is 2. The number of nitrogens with zero attached hydrogens (tertiary/aromatic N) is 1. The van der Waals surface area contributed by atoms with Crippen molar-refractivity contribution in [3.63, 3.8) is 0 Å². The number of carbonyl (C=O) groups excluding carboxylic acids is 3. The fourth-order valence-electron chi connectivity index (χ4n) is 3.43. The highest BCUT2D eigenvalue weighted by molar-refractivity contribution is 7.18. The molecule has 0 aliphatic carbocycles. The third-order valence-electron chi connectivity index (χ3n) is 5.26. The van der Waals surface area contributed by atoms with Gasteiger partial charge in [-0.05, 0) is 49.6 Å². The molecule has 1 N–H and O–H groups in total. The van der Waals surface area contributed by atoms with Gasteiger partial charge in [0.05, 0.1) is 17.6 Å². The summed E-state index contributed by atoms with van der Waals surface area (Å²) in [5.74, 6) is -1.12. The molecule has 6 nitrogen and oxygen atoms in total. The number of amides is 2. The molecular weight excluding hydrogens is 424 g/mol. The smallest absolute Gasteiger partial charge is 0.341 e. The highest BCUT2D eigenvalue weighted by Crippen LogP contribution is 2.35. The Hall–Kier alpha value is -3.45. The number of esters is 1. The Morgan fingerprint density at radius 2 is 1.53 bits per heavy atom. The molecule has 0 radical (unpaired) electrons. The zero-order chi connectivity index (χ0) is 23.3. The van der Waals surface area contributed by atoms with Crippen LogP contribution in [0.15, 0.2) is 54.6 Å². The van der Waals surface area contributed by atoms with Gasteiger partial charge in [-0.3, -0.25) is 9.59 Å². The van der Waals surface area contributed by atoms with E-state index in [0.717, 1.165) is 22.5 Å². The number of hydrogen-bond acceptors (Lipinski definition) is 5. The minimum Gasteiger partial charge on any atom is -0.465 e. The van der Waals surface area contributed by atoms with Crippen molar-refractivity contribution >= 4 is 34.1 Å². The molecule has 0 fully saturated rings. The van der Waals surface area contributed by atoms with Crippen molar-refractivity contribution in [3.8, 4) is 11.1 Å². The average molecular weight is 451 g/mol. The number of thiophene rings is 1. The monoisotopic (exact) mass is 450 g/mol. The third-order valence-corrected chi connectivity index (χ3v) is 6.46. The van der Waals surface area contributed by atoms with Gasteiger partial charge in [0.15, 0.2) is 0 Å². The number of rotatable bonds is 7. The molecular formula is C25H26N2O4S. The summed E-state index contributed by atoms with van der Waals surface area (Å²) in [6.07, 6.45) is 0. The summed E-state index contributed by atoms with van der Waals surface area (Å²) in [6, 6.07) is 17.1. The topological polar surface area (TPSA) is 75.7 Å². The van der Waals surface area contributed by atoms with Gasteiger partial charge in [0.25, 0.3) is 11.8 Å². The Morgan fingerprint density at radius 1 is 0.938 bits per heavy atom. The van der Waals surface area contributed by atoms with Crippen molar-refractivity contribution in [1.82, 2.24) is 4.90 Å². The zero-order valence-electron chi connectivity index (χ0n) is 18.6. The van der Waals surface area contributed by atoms with Gasteiger partial charge in [0.1, 0.15) is 5.00 Å². The number of carbonyl (C=O) groups is 3. The molecule has 0 saturated heterocycles. The number of anilines is 1. The lowest BCUT2D eigenvalue weighted by molar-refractivity contribution is 0.0601. The zero-order valence-corrected chi connectivity index (χ0v) is 19.4. The average Bonchev–Trinajstić information content (AvgIpc) is 3.15. The summed E-state index contributed by atoms with van der Waals surface area (Å²) in [4.78, 5) is 40.3. The molecule has 0 saturated carbocycles. The van der Waals surface area contributed by atoms with Crippen molar-refractivity contribution in [2.75, 3.05) is 25.5 Å². The van der Waals surface area contributed by atoms with Crippen molar-refractivity contribution in [3.05, 3.63) is 76.2 Å². The van der Waals surface area contributed by atoms with Gasteiger partial charge in [-0.2, -0.15) is 0 Å². The van der Waals surface area contributed by atoms with Crippen LogP contribution in [0.2, 0.25) is 0 Å². The molecule has 1 aromatic heterocycles. The van der Waals surface area contributed by atoms with E-state index in [9.17, 15) is 14.4 Å². The molecule has 2 aromatic carbocycles. The van der Waals surface area contributed by atoms with Gasteiger partial charge in [-0.1, -0.05) is 42.5 Å². The van der Waals surface area contributed by atoms with E-state index in [4.69, 9.17) is 4.74 Å². The van der Waals surface area contributed by atoms with E-state index in [1.54, 1.807) is 24.0 Å². The van der Waals surface area contributed by atoms with Gasteiger partial charge in [-0.25, -0.2) is 4.79 Å². The summed E-state index contributed by atoms with van der Waals surface area (Å²) in [5.41, 5.74) is 3.22. The predicted molar refractivity (Wildman–Crippen MR) is 127 cm³/mol. The van der Waals surface area contributed by atoms with Crippen molar-refractivity contribution in [1.29, 1.82) is 0 Å². The number of methoxy groups -OCH3 is 1. The standard InChI is InChI=1S/C25H26N2O4S/c1-5-27(6-2)24(29)21-16(3)20(25(30)31-4)23(32-21)26-22(28)19-14-12-18(13-15-19)17-10-8-7-9-11-17/h7-15H,5-6H2,1-4H3,(H,26,28). The van der Waals surface area contributed by atoms with Gasteiger partial charge >= 0.3 is 5.97 Å². The van der Waals surface area contributed by atoms with Crippen LogP contribution < -0.4 is 5.32 Å². The molecule has 0 aliphatic heterocycles. The lowest BCUT2D eigenvalue weighted by atomic mass is 10.0. The minimum atomic E-state index is -0.591. The van der Waals surface area contributed by atoms with Crippen LogP contribution in [0.5, 0.6) is 0 Å². The van der Waals surface area contributed by atoms with Crippen LogP contribution in [0.3, 0.4) is 0 Å². The molecule has 0 atom stereocenters. The molecule has 0 bridgehead atoms. The number of ether oxygens (including phenoxy) is 1. The normalized spacial score (nSPS) is 10.5. The van der Waals surface area contributed by atoms with Crippen LogP contribution in [0, 0.1) is 6.92 Å². The van der Waals surface area contributed by atoms with E-state index in [1.165, 1.54) is 7.11 Å². The number of nitrogens with one attached hydrogen (secondary N) is 1. The Bertz CT molecular complexity index is 1120. The van der Waals surface area contributed by atoms with E-state index in [1.807, 2.05) is 56.3 Å². The van der Waals surface area contributed by atoms with Crippen LogP contribution in [0.25, 0.3) is 11.1 Å².